The number of fused-ring (bicyclic) bond motifs is 8. The van der Waals surface area contributed by atoms with E-state index >= 15 is 0 Å². The summed E-state index contributed by atoms with van der Waals surface area (Å²) in [7, 11) is 7.72. The van der Waals surface area contributed by atoms with Gasteiger partial charge in [0.1, 0.15) is 0 Å². The lowest BCUT2D eigenvalue weighted by Crippen LogP contribution is -2.40. The molecule has 0 N–H and O–H groups in total. The van der Waals surface area contributed by atoms with Crippen molar-refractivity contribution < 1.29 is 47.6 Å². The minimum Gasteiger partial charge on any atom is -0.381 e. The maximum Gasteiger partial charge on any atom is 0.219 e. The standard InChI is InChI=1S/C28H36N6O3.C28H34N6O2.C27H34N6O3.C26H29N7O2/c1-18(2)37-24-12-21-11-20(22-13-29-31(4)14-22)5-6-26(21)33(15-24)28-25-16-32(19(3)35)9-7-27(25)34(30-28)23-8-10-36-17-23;1-18(35)32-9-7-27-25(16-32)28(30-34(27)24-8-10-36-17-24)33-15-22(19-3-4-19)12-21-11-20(5-6-26(21)33)23-13-29-31(2)14-23;1-4-36-23-12-20-11-19(21-13-28-30(3)14-21)5-6-25(20)32(15-23)27-24-16-31(18(2)34)9-7-26(24)33(29-27)22-8-10-35-17-22;1-17(34)31-7-4-24-23(16-31)26(29-33(24)21-5-9-35-10-6-21)32-8-3-18-11-22(19(13-27)12-25(18)32)20-14-28-30(2)15-20/h5-6,11,13-14,18,23-24H,7-10,12,15-17H2,1-4H3;5-6,11,13-14,19,22,24H,3-4,7-10,12,15-17H2,1-2H3;5-6,11,13-14,22-23H,4,7-10,12,15-17H2,1-3H3;11-12,14-15,21H,3-10,16H2,1-2H3/t23-,24?;22?,24-;22-,23?;/m000./s1. The number of anilines is 8. The summed E-state index contributed by atoms with van der Waals surface area (Å²) < 4.78 is 51.5. The first-order valence-corrected chi connectivity index (χ1v) is 52.0. The van der Waals surface area contributed by atoms with E-state index in [1.165, 1.54) is 74.7 Å². The van der Waals surface area contributed by atoms with E-state index in [1.54, 1.807) is 38.6 Å². The molecule has 20 heterocycles. The third-order valence-electron chi connectivity index (χ3n) is 31.6. The summed E-state index contributed by atoms with van der Waals surface area (Å²) in [6.45, 7) is 28.0. The van der Waals surface area contributed by atoms with E-state index in [0.717, 1.165) is 277 Å². The average Bonchev–Trinajstić information content (AvgIpc) is 1.58. The molecule has 0 spiro atoms. The molecule has 35 heteroatoms. The number of rotatable bonds is 17. The van der Waals surface area contributed by atoms with Gasteiger partial charge in [-0.1, -0.05) is 18.2 Å². The van der Waals surface area contributed by atoms with Crippen molar-refractivity contribution in [1.29, 1.82) is 5.26 Å². The van der Waals surface area contributed by atoms with Crippen molar-refractivity contribution >= 4 is 69.6 Å². The molecule has 12 aromatic rings. The number of benzene rings is 4. The maximum absolute atomic E-state index is 12.3. The number of amides is 4. The van der Waals surface area contributed by atoms with Crippen molar-refractivity contribution in [2.75, 3.05) is 131 Å². The van der Waals surface area contributed by atoms with E-state index < -0.39 is 0 Å². The Hall–Kier alpha value is -13.1. The summed E-state index contributed by atoms with van der Waals surface area (Å²) in [6, 6.07) is 27.8. The molecule has 6 atom stereocenters. The van der Waals surface area contributed by atoms with Crippen molar-refractivity contribution in [2.45, 2.75) is 213 Å². The van der Waals surface area contributed by atoms with Gasteiger partial charge >= 0.3 is 0 Å². The van der Waals surface area contributed by atoms with Crippen molar-refractivity contribution in [3.8, 4) is 50.6 Å². The third kappa shape index (κ3) is 19.1. The Bertz CT molecular complexity index is 6850. The van der Waals surface area contributed by atoms with Crippen molar-refractivity contribution in [3.05, 3.63) is 189 Å². The van der Waals surface area contributed by atoms with Gasteiger partial charge in [-0.15, -0.1) is 0 Å². The van der Waals surface area contributed by atoms with Crippen LogP contribution in [0.4, 0.5) is 46.0 Å². The topological polar surface area (TPSA) is 316 Å². The molecule has 0 radical (unpaired) electrons. The fraction of sp³-hybridized carbons (Fsp3) is 0.514. The van der Waals surface area contributed by atoms with Crippen molar-refractivity contribution in [2.24, 2.45) is 40.0 Å². The molecule has 3 unspecified atom stereocenters. The van der Waals surface area contributed by atoms with Crippen LogP contribution in [0.1, 0.15) is 190 Å². The number of carbonyl (C=O) groups is 4. The van der Waals surface area contributed by atoms with Crippen LogP contribution in [0.15, 0.2) is 116 Å². The second-order valence-electron chi connectivity index (χ2n) is 41.5. The van der Waals surface area contributed by atoms with Gasteiger partial charge in [0, 0.05) is 294 Å². The monoisotopic (exact) mass is 1950 g/mol. The minimum absolute atomic E-state index is 0.0414. The molecule has 12 aliphatic heterocycles. The highest BCUT2D eigenvalue weighted by atomic mass is 16.5. The predicted molar refractivity (Wildman–Crippen MR) is 544 cm³/mol. The van der Waals surface area contributed by atoms with Crippen LogP contribution in [0.5, 0.6) is 0 Å². The van der Waals surface area contributed by atoms with Gasteiger partial charge in [-0.25, -0.2) is 0 Å². The zero-order chi connectivity index (χ0) is 99.0. The number of ether oxygens (including phenoxy) is 6. The normalized spacial score (nSPS) is 21.1. The van der Waals surface area contributed by atoms with E-state index in [1.807, 2.05) is 112 Å². The van der Waals surface area contributed by atoms with Crippen molar-refractivity contribution in [3.63, 3.8) is 0 Å². The predicted octanol–water partition coefficient (Wildman–Crippen LogP) is 13.9. The number of nitrogens with zero attached hydrogens (tertiary/aromatic N) is 25. The summed E-state index contributed by atoms with van der Waals surface area (Å²) >= 11 is 0. The van der Waals surface area contributed by atoms with Gasteiger partial charge in [0.15, 0.2) is 23.3 Å². The molecular weight excluding hydrogens is 1820 g/mol. The van der Waals surface area contributed by atoms with Crippen LogP contribution in [-0.2, 0) is 153 Å². The highest BCUT2D eigenvalue weighted by Crippen LogP contribution is 2.51. The van der Waals surface area contributed by atoms with E-state index in [-0.39, 0.29) is 60.1 Å². The lowest BCUT2D eigenvalue weighted by Gasteiger charge is -2.37. The van der Waals surface area contributed by atoms with E-state index in [2.05, 4.69) is 145 Å². The minimum atomic E-state index is 0.0414. The smallest absolute Gasteiger partial charge is 0.219 e. The van der Waals surface area contributed by atoms with Crippen molar-refractivity contribution in [1.82, 2.24) is 97.8 Å². The molecule has 5 fully saturated rings. The molecule has 0 bridgehead atoms. The molecule has 8 aromatic heterocycles. The first-order valence-electron chi connectivity index (χ1n) is 52.0. The van der Waals surface area contributed by atoms with Crippen LogP contribution in [-0.4, -0.2) is 252 Å². The summed E-state index contributed by atoms with van der Waals surface area (Å²) in [5, 5.41) is 48.3. The molecule has 13 aliphatic rings. The number of hydrogen-bond acceptors (Lipinski definition) is 23. The molecule has 1 saturated carbocycles. The Kier molecular flexibility index (Phi) is 26.9. The van der Waals surface area contributed by atoms with Gasteiger partial charge in [0.05, 0.1) is 138 Å². The lowest BCUT2D eigenvalue weighted by atomic mass is 9.87. The summed E-state index contributed by atoms with van der Waals surface area (Å²) in [4.78, 5) is 66.3. The number of aryl methyl sites for hydroxylation is 4. The number of nitriles is 1. The Morgan fingerprint density at radius 1 is 0.396 bits per heavy atom. The first-order chi connectivity index (χ1) is 70.0. The molecule has 25 rings (SSSR count). The van der Waals surface area contributed by atoms with Crippen LogP contribution >= 0.6 is 0 Å². The molecule has 144 heavy (non-hydrogen) atoms. The molecule has 754 valence electrons. The van der Waals surface area contributed by atoms with Crippen LogP contribution < -0.4 is 19.6 Å². The van der Waals surface area contributed by atoms with Gasteiger partial charge in [0.25, 0.3) is 0 Å². The Balaban J connectivity index is 0.000000110. The number of carbonyl (C=O) groups excluding carboxylic acids is 4. The maximum atomic E-state index is 12.3. The summed E-state index contributed by atoms with van der Waals surface area (Å²) in [5.74, 6) is 5.74. The fourth-order valence-corrected chi connectivity index (χ4v) is 24.0. The van der Waals surface area contributed by atoms with Gasteiger partial charge in [-0.05, 0) is 178 Å². The van der Waals surface area contributed by atoms with E-state index in [0.29, 0.717) is 63.5 Å². The van der Waals surface area contributed by atoms with Crippen LogP contribution in [0, 0.1) is 23.2 Å². The SMILES string of the molecule is CC(=O)N1CCc2c(c(N3CC(C4CC4)Cc4cc(-c5cnn(C)c5)ccc43)nn2[C@H]2CCOC2)C1.CC(=O)N1CCc2c(c(N3CC(OC(C)C)Cc4cc(-c5cnn(C)c5)ccc43)nn2[C@H]2CCOC2)C1.CC(=O)N1CCc2c(c(N3CCc4cc(-c5cnn(C)c5)c(C#N)cc43)nn2C2CCOCC2)C1.CCOC1Cc2cc(-c3cnn(C)c3)ccc2N(c2nn([C@H]3CCOC3)c3c2CN(C(C)=O)CC3)C1. The zero-order valence-electron chi connectivity index (χ0n) is 84.9. The van der Waals surface area contributed by atoms with Crippen LogP contribution in [0.2, 0.25) is 0 Å². The second kappa shape index (κ2) is 40.5. The van der Waals surface area contributed by atoms with Gasteiger partial charge in [-0.2, -0.15) is 46.1 Å². The second-order valence-corrected chi connectivity index (χ2v) is 41.5. The molecular formula is C109H133N25O10. The Labute approximate surface area is 840 Å². The molecule has 4 saturated heterocycles. The molecule has 1 aliphatic carbocycles. The highest BCUT2D eigenvalue weighted by molar-refractivity contribution is 5.84. The highest BCUT2D eigenvalue weighted by Gasteiger charge is 2.44. The third-order valence-corrected chi connectivity index (χ3v) is 31.6. The Morgan fingerprint density at radius 2 is 0.764 bits per heavy atom. The first kappa shape index (κ1) is 95.7. The van der Waals surface area contributed by atoms with Crippen LogP contribution in [0.3, 0.4) is 0 Å². The number of hydrogen-bond donors (Lipinski definition) is 0. The largest absolute Gasteiger partial charge is 0.381 e. The Morgan fingerprint density at radius 3 is 1.13 bits per heavy atom. The zero-order valence-corrected chi connectivity index (χ0v) is 84.9. The summed E-state index contributed by atoms with van der Waals surface area (Å²) in [5.41, 5.74) is 28.8. The van der Waals surface area contributed by atoms with E-state index in [9.17, 15) is 24.4 Å². The van der Waals surface area contributed by atoms with E-state index in [4.69, 9.17) is 48.8 Å². The summed E-state index contributed by atoms with van der Waals surface area (Å²) in [6.07, 6.45) is 30.4. The number of aromatic nitrogens is 16. The van der Waals surface area contributed by atoms with Gasteiger partial charge in [0.2, 0.25) is 23.6 Å². The molecule has 35 nitrogen and oxygen atoms in total. The lowest BCUT2D eigenvalue weighted by molar-refractivity contribution is -0.130. The fourth-order valence-electron chi connectivity index (χ4n) is 24.0. The average molecular weight is 1950 g/mol. The van der Waals surface area contributed by atoms with Gasteiger partial charge < -0.3 is 67.6 Å². The molecule has 4 amide bonds. The molecule has 4 aromatic carbocycles. The quantitative estimate of drug-likeness (QED) is 0.0817. The van der Waals surface area contributed by atoms with Crippen LogP contribution in [0.25, 0.3) is 44.5 Å². The van der Waals surface area contributed by atoms with Gasteiger partial charge in [-0.3, -0.25) is 56.6 Å².